The second-order valence-corrected chi connectivity index (χ2v) is 14.1. The van der Waals surface area contributed by atoms with Gasteiger partial charge in [0.25, 0.3) is 0 Å². The first-order valence-electron chi connectivity index (χ1n) is 14.4. The Morgan fingerprint density at radius 2 is 1.87 bits per heavy atom. The molecule has 5 rings (SSSR count). The summed E-state index contributed by atoms with van der Waals surface area (Å²) < 4.78 is 36.9. The second-order valence-electron chi connectivity index (χ2n) is 12.1. The lowest BCUT2D eigenvalue weighted by molar-refractivity contribution is -0.140. The monoisotopic (exact) mass is 547 g/mol. The molecule has 6 bridgehead atoms. The maximum absolute atomic E-state index is 13.7. The van der Waals surface area contributed by atoms with Crippen LogP contribution in [0.1, 0.15) is 75.1 Å². The highest BCUT2D eigenvalue weighted by Crippen LogP contribution is 2.33. The van der Waals surface area contributed by atoms with E-state index in [1.165, 1.54) is 16.7 Å². The van der Waals surface area contributed by atoms with Gasteiger partial charge in [0.2, 0.25) is 15.9 Å². The second kappa shape index (κ2) is 11.5. The normalized spacial score (nSPS) is 36.1. The van der Waals surface area contributed by atoms with Crippen molar-refractivity contribution >= 4 is 15.9 Å². The molecular formula is C28H45N5O4S. The molecule has 5 unspecified atom stereocenters. The Labute approximate surface area is 227 Å². The van der Waals surface area contributed by atoms with Gasteiger partial charge in [-0.15, -0.1) is 0 Å². The van der Waals surface area contributed by atoms with Crippen LogP contribution in [0.25, 0.3) is 0 Å². The Hall–Kier alpha value is -1.56. The van der Waals surface area contributed by atoms with Crippen LogP contribution in [0.15, 0.2) is 18.2 Å². The molecule has 1 aromatic rings. The fourth-order valence-electron chi connectivity index (χ4n) is 6.94. The van der Waals surface area contributed by atoms with E-state index in [1.807, 2.05) is 4.90 Å². The largest absolute Gasteiger partial charge is 0.357 e. The molecule has 1 amide bonds. The molecule has 0 aromatic heterocycles. The van der Waals surface area contributed by atoms with E-state index in [-0.39, 0.29) is 36.2 Å². The zero-order valence-corrected chi connectivity index (χ0v) is 24.0. The van der Waals surface area contributed by atoms with Crippen molar-refractivity contribution in [1.82, 2.24) is 25.6 Å². The number of hydrogen-bond acceptors (Lipinski definition) is 7. The van der Waals surface area contributed by atoms with Gasteiger partial charge in [-0.05, 0) is 62.1 Å². The number of aryl methyl sites for hydroxylation is 2. The molecule has 4 N–H and O–H groups in total. The summed E-state index contributed by atoms with van der Waals surface area (Å²) in [6, 6.07) is 6.28. The SMILES string of the molecule is Cc1cccc(C)c1C1CC2NC(N1)NS(=O)(=O)C1CCCC(C1)C(=O)N1CCN[C@@H](CC(C)C)[C@@H](C1)O2. The Bertz CT molecular complexity index is 1090. The molecule has 4 fully saturated rings. The van der Waals surface area contributed by atoms with Crippen LogP contribution in [0.4, 0.5) is 0 Å². The van der Waals surface area contributed by atoms with E-state index in [9.17, 15) is 13.2 Å². The smallest absolute Gasteiger partial charge is 0.225 e. The topological polar surface area (TPSA) is 112 Å². The number of carbonyl (C=O) groups excluding carboxylic acids is 1. The van der Waals surface area contributed by atoms with Gasteiger partial charge in [0.1, 0.15) is 12.5 Å². The lowest BCUT2D eigenvalue weighted by Crippen LogP contribution is -2.65. The van der Waals surface area contributed by atoms with Crippen LogP contribution in [0.2, 0.25) is 0 Å². The van der Waals surface area contributed by atoms with Crippen LogP contribution in [0.3, 0.4) is 0 Å². The lowest BCUT2D eigenvalue weighted by atomic mass is 9.87. The van der Waals surface area contributed by atoms with Crippen LogP contribution in [-0.4, -0.2) is 68.8 Å². The molecule has 38 heavy (non-hydrogen) atoms. The summed E-state index contributed by atoms with van der Waals surface area (Å²) in [5.41, 5.74) is 3.52. The van der Waals surface area contributed by atoms with E-state index in [2.05, 4.69) is 66.6 Å². The minimum absolute atomic E-state index is 0.0761. The van der Waals surface area contributed by atoms with Gasteiger partial charge >= 0.3 is 0 Å². The van der Waals surface area contributed by atoms with Crippen LogP contribution in [-0.2, 0) is 19.6 Å². The molecule has 10 heteroatoms. The van der Waals surface area contributed by atoms with Crippen molar-refractivity contribution in [3.8, 4) is 0 Å². The number of nitrogens with one attached hydrogen (secondary N) is 4. The van der Waals surface area contributed by atoms with Crippen molar-refractivity contribution < 1.29 is 17.9 Å². The third-order valence-corrected chi connectivity index (χ3v) is 10.6. The Kier molecular flexibility index (Phi) is 8.47. The van der Waals surface area contributed by atoms with Crippen LogP contribution in [0, 0.1) is 25.7 Å². The van der Waals surface area contributed by atoms with Gasteiger partial charge in [0.05, 0.1) is 11.4 Å². The number of ether oxygens (including phenoxy) is 1. The highest BCUT2D eigenvalue weighted by molar-refractivity contribution is 7.90. The predicted octanol–water partition coefficient (Wildman–Crippen LogP) is 2.26. The summed E-state index contributed by atoms with van der Waals surface area (Å²) in [5.74, 6) is 0.285. The maximum atomic E-state index is 13.7. The van der Waals surface area contributed by atoms with E-state index < -0.39 is 21.6 Å². The molecule has 9 nitrogen and oxygen atoms in total. The quantitative estimate of drug-likeness (QED) is 0.459. The van der Waals surface area contributed by atoms with E-state index >= 15 is 0 Å². The van der Waals surface area contributed by atoms with Gasteiger partial charge in [-0.2, -0.15) is 4.72 Å². The molecule has 7 atom stereocenters. The van der Waals surface area contributed by atoms with Gasteiger partial charge in [-0.1, -0.05) is 38.5 Å². The molecule has 212 valence electrons. The Balaban J connectivity index is 1.52. The Morgan fingerprint density at radius 1 is 1.11 bits per heavy atom. The molecule has 3 heterocycles. The number of sulfonamides is 1. The third-order valence-electron chi connectivity index (χ3n) is 8.77. The first-order valence-corrected chi connectivity index (χ1v) is 15.9. The lowest BCUT2D eigenvalue weighted by Gasteiger charge is -2.41. The highest BCUT2D eigenvalue weighted by Gasteiger charge is 2.42. The predicted molar refractivity (Wildman–Crippen MR) is 148 cm³/mol. The van der Waals surface area contributed by atoms with E-state index in [1.54, 1.807) is 0 Å². The first kappa shape index (κ1) is 28.0. The molecule has 0 spiro atoms. The van der Waals surface area contributed by atoms with E-state index in [0.29, 0.717) is 44.8 Å². The van der Waals surface area contributed by atoms with Crippen LogP contribution in [0.5, 0.6) is 0 Å². The number of amides is 1. The van der Waals surface area contributed by atoms with Crippen molar-refractivity contribution in [2.24, 2.45) is 11.8 Å². The van der Waals surface area contributed by atoms with Crippen molar-refractivity contribution in [3.63, 3.8) is 0 Å². The third kappa shape index (κ3) is 6.10. The van der Waals surface area contributed by atoms with Crippen molar-refractivity contribution in [2.75, 3.05) is 19.6 Å². The molecular weight excluding hydrogens is 502 g/mol. The van der Waals surface area contributed by atoms with Crippen LogP contribution < -0.4 is 20.7 Å². The van der Waals surface area contributed by atoms with Gasteiger partial charge in [-0.3, -0.25) is 15.4 Å². The van der Waals surface area contributed by atoms with E-state index in [0.717, 1.165) is 19.3 Å². The number of hydrogen-bond donors (Lipinski definition) is 4. The highest BCUT2D eigenvalue weighted by atomic mass is 32.2. The standard InChI is InChI=1S/C28H45N5O4S/c1-17(2)13-22-24-16-33(12-11-29-22)27(34)20-9-6-10-21(14-20)38(35,36)32-28-30-23(15-25(31-28)37-24)26-18(3)7-5-8-19(26)4/h5,7-8,17,20-25,28-32H,6,9-16H2,1-4H3/t20?,21?,22-,23?,24+,25?,28?/m0/s1. The summed E-state index contributed by atoms with van der Waals surface area (Å²) >= 11 is 0. The summed E-state index contributed by atoms with van der Waals surface area (Å²) in [7, 11) is -3.66. The summed E-state index contributed by atoms with van der Waals surface area (Å²) in [6.45, 7) is 10.5. The Morgan fingerprint density at radius 3 is 2.61 bits per heavy atom. The number of fused-ring (bicyclic) bond motifs is 6. The molecule has 1 saturated carbocycles. The van der Waals surface area contributed by atoms with Gasteiger partial charge in [0.15, 0.2) is 0 Å². The zero-order chi connectivity index (χ0) is 27.0. The molecule has 3 aliphatic heterocycles. The van der Waals surface area contributed by atoms with Crippen molar-refractivity contribution in [1.29, 1.82) is 0 Å². The van der Waals surface area contributed by atoms with Crippen molar-refractivity contribution in [3.05, 3.63) is 34.9 Å². The average molecular weight is 548 g/mol. The summed E-state index contributed by atoms with van der Waals surface area (Å²) in [5, 5.41) is 10.0. The molecule has 1 aliphatic carbocycles. The van der Waals surface area contributed by atoms with Crippen molar-refractivity contribution in [2.45, 2.75) is 102 Å². The average Bonchev–Trinajstić information content (AvgIpc) is 3.04. The molecule has 1 aromatic carbocycles. The summed E-state index contributed by atoms with van der Waals surface area (Å²) in [6.07, 6.45) is 2.77. The summed E-state index contributed by atoms with van der Waals surface area (Å²) in [4.78, 5) is 15.6. The number of carbonyl (C=O) groups is 1. The minimum Gasteiger partial charge on any atom is -0.357 e. The maximum Gasteiger partial charge on any atom is 0.225 e. The van der Waals surface area contributed by atoms with E-state index in [4.69, 9.17) is 4.74 Å². The van der Waals surface area contributed by atoms with Crippen LogP contribution >= 0.6 is 0 Å². The van der Waals surface area contributed by atoms with Gasteiger partial charge in [0, 0.05) is 44.1 Å². The fraction of sp³-hybridized carbons (Fsp3) is 0.750. The fourth-order valence-corrected chi connectivity index (χ4v) is 8.56. The molecule has 0 radical (unpaired) electrons. The van der Waals surface area contributed by atoms with Gasteiger partial charge < -0.3 is 15.0 Å². The minimum atomic E-state index is -3.66. The first-order chi connectivity index (χ1) is 18.1. The van der Waals surface area contributed by atoms with Gasteiger partial charge in [-0.25, -0.2) is 8.42 Å². The number of benzene rings is 1. The molecule has 3 saturated heterocycles. The number of nitrogens with zero attached hydrogens (tertiary/aromatic N) is 1. The number of rotatable bonds is 3. The molecule has 4 aliphatic rings. The zero-order valence-electron chi connectivity index (χ0n) is 23.2.